The molecule has 27 heavy (non-hydrogen) atoms. The number of aromatic nitrogens is 1. The van der Waals surface area contributed by atoms with E-state index in [9.17, 15) is 9.59 Å². The van der Waals surface area contributed by atoms with Gasteiger partial charge in [-0.2, -0.15) is 0 Å². The summed E-state index contributed by atoms with van der Waals surface area (Å²) >= 11 is 0. The Hall–Kier alpha value is -3.47. The van der Waals surface area contributed by atoms with Crippen LogP contribution in [0.5, 0.6) is 0 Å². The first-order valence-electron chi connectivity index (χ1n) is 8.69. The van der Waals surface area contributed by atoms with E-state index in [1.807, 2.05) is 56.3 Å². The number of hydrogen-bond donors (Lipinski definition) is 2. The van der Waals surface area contributed by atoms with Crippen LogP contribution in [0.2, 0.25) is 0 Å². The van der Waals surface area contributed by atoms with Crippen molar-refractivity contribution < 1.29 is 9.59 Å². The van der Waals surface area contributed by atoms with E-state index in [-0.39, 0.29) is 11.8 Å². The average molecular weight is 359 g/mol. The first-order valence-corrected chi connectivity index (χ1v) is 8.69. The fourth-order valence-corrected chi connectivity index (χ4v) is 2.68. The normalized spacial score (nSPS) is 11.5. The van der Waals surface area contributed by atoms with Gasteiger partial charge < -0.3 is 10.6 Å². The minimum absolute atomic E-state index is 0.308. The van der Waals surface area contributed by atoms with Crippen LogP contribution in [0.15, 0.2) is 72.9 Å². The lowest BCUT2D eigenvalue weighted by Gasteiger charge is -2.19. The highest BCUT2D eigenvalue weighted by Crippen LogP contribution is 2.18. The summed E-state index contributed by atoms with van der Waals surface area (Å²) in [6.45, 7) is 3.84. The number of nitrogens with zero attached hydrogens (tertiary/aromatic N) is 1. The van der Waals surface area contributed by atoms with Crippen molar-refractivity contribution in [1.29, 1.82) is 0 Å². The van der Waals surface area contributed by atoms with Crippen LogP contribution in [0.4, 0.5) is 5.69 Å². The summed E-state index contributed by atoms with van der Waals surface area (Å²) in [5.41, 5.74) is 3.69. The molecule has 3 rings (SSSR count). The second-order valence-electron chi connectivity index (χ2n) is 6.30. The van der Waals surface area contributed by atoms with Crippen molar-refractivity contribution in [3.63, 3.8) is 0 Å². The molecule has 1 unspecified atom stereocenters. The molecule has 0 aliphatic heterocycles. The molecule has 0 radical (unpaired) electrons. The lowest BCUT2D eigenvalue weighted by atomic mass is 10.0. The first kappa shape index (κ1) is 18.3. The number of rotatable bonds is 5. The van der Waals surface area contributed by atoms with Gasteiger partial charge in [-0.15, -0.1) is 0 Å². The maximum atomic E-state index is 12.9. The molecular formula is C22H21N3O2. The minimum Gasteiger partial charge on any atom is -0.336 e. The maximum Gasteiger partial charge on any atom is 0.252 e. The summed E-state index contributed by atoms with van der Waals surface area (Å²) in [5.74, 6) is -0.631. The Balaban J connectivity index is 1.84. The average Bonchev–Trinajstić information content (AvgIpc) is 2.70. The third-order valence-electron chi connectivity index (χ3n) is 4.31. The molecule has 5 nitrogen and oxygen atoms in total. The summed E-state index contributed by atoms with van der Waals surface area (Å²) < 4.78 is 0. The molecule has 0 aliphatic rings. The Labute approximate surface area is 158 Å². The van der Waals surface area contributed by atoms with Gasteiger partial charge in [0, 0.05) is 11.3 Å². The standard InChI is InChI=1S/C22H21N3O2/c1-15-13-19(14-23-16(15)2)24-22(27)20(17-9-5-3-6-10-17)25-21(26)18-11-7-4-8-12-18/h3-14,20H,1-2H3,(H,24,27)(H,25,26). The molecule has 2 amide bonds. The Morgan fingerprint density at radius 1 is 0.926 bits per heavy atom. The number of carbonyl (C=O) groups is 2. The van der Waals surface area contributed by atoms with Gasteiger partial charge in [0.1, 0.15) is 6.04 Å². The van der Waals surface area contributed by atoms with Crippen LogP contribution in [0, 0.1) is 13.8 Å². The SMILES string of the molecule is Cc1cc(NC(=O)C(NC(=O)c2ccccc2)c2ccccc2)cnc1C. The van der Waals surface area contributed by atoms with E-state index in [0.29, 0.717) is 16.8 Å². The van der Waals surface area contributed by atoms with Crippen LogP contribution in [0.1, 0.15) is 33.2 Å². The summed E-state index contributed by atoms with van der Waals surface area (Å²) in [6, 6.07) is 19.0. The number of pyridine rings is 1. The molecule has 0 aliphatic carbocycles. The molecule has 0 saturated heterocycles. The first-order chi connectivity index (χ1) is 13.0. The van der Waals surface area contributed by atoms with Crippen molar-refractivity contribution in [1.82, 2.24) is 10.3 Å². The van der Waals surface area contributed by atoms with Crippen molar-refractivity contribution in [3.8, 4) is 0 Å². The van der Waals surface area contributed by atoms with E-state index in [4.69, 9.17) is 0 Å². The van der Waals surface area contributed by atoms with Gasteiger partial charge in [0.25, 0.3) is 11.8 Å². The largest absolute Gasteiger partial charge is 0.336 e. The Bertz CT molecular complexity index is 940. The second kappa shape index (κ2) is 8.27. The van der Waals surface area contributed by atoms with Crippen LogP contribution in [-0.4, -0.2) is 16.8 Å². The summed E-state index contributed by atoms with van der Waals surface area (Å²) in [7, 11) is 0. The molecule has 0 bridgehead atoms. The highest BCUT2D eigenvalue weighted by atomic mass is 16.2. The van der Waals surface area contributed by atoms with Gasteiger partial charge in [0.05, 0.1) is 11.9 Å². The van der Waals surface area contributed by atoms with Crippen LogP contribution >= 0.6 is 0 Å². The summed E-state index contributed by atoms with van der Waals surface area (Å²) in [6.07, 6.45) is 1.61. The molecule has 0 fully saturated rings. The Kier molecular flexibility index (Phi) is 5.61. The predicted molar refractivity (Wildman–Crippen MR) is 105 cm³/mol. The predicted octanol–water partition coefficient (Wildman–Crippen LogP) is 3.81. The smallest absolute Gasteiger partial charge is 0.252 e. The molecule has 136 valence electrons. The summed E-state index contributed by atoms with van der Waals surface area (Å²) in [5, 5.41) is 5.67. The van der Waals surface area contributed by atoms with Crippen molar-refractivity contribution in [2.45, 2.75) is 19.9 Å². The van der Waals surface area contributed by atoms with Crippen LogP contribution < -0.4 is 10.6 Å². The van der Waals surface area contributed by atoms with Gasteiger partial charge in [0.15, 0.2) is 0 Å². The lowest BCUT2D eigenvalue weighted by molar-refractivity contribution is -0.118. The zero-order chi connectivity index (χ0) is 19.2. The van der Waals surface area contributed by atoms with E-state index in [2.05, 4.69) is 15.6 Å². The molecule has 2 N–H and O–H groups in total. The number of hydrogen-bond acceptors (Lipinski definition) is 3. The van der Waals surface area contributed by atoms with Gasteiger partial charge in [-0.25, -0.2) is 0 Å². The quantitative estimate of drug-likeness (QED) is 0.728. The van der Waals surface area contributed by atoms with E-state index < -0.39 is 6.04 Å². The third-order valence-corrected chi connectivity index (χ3v) is 4.31. The van der Waals surface area contributed by atoms with Crippen LogP contribution in [0.3, 0.4) is 0 Å². The van der Waals surface area contributed by atoms with E-state index in [1.54, 1.807) is 30.5 Å². The van der Waals surface area contributed by atoms with Gasteiger partial charge in [-0.05, 0) is 43.2 Å². The van der Waals surface area contributed by atoms with E-state index in [1.165, 1.54) is 0 Å². The highest BCUT2D eigenvalue weighted by molar-refractivity contribution is 6.01. The van der Waals surface area contributed by atoms with Crippen molar-refractivity contribution in [3.05, 3.63) is 95.3 Å². The zero-order valence-corrected chi connectivity index (χ0v) is 15.3. The molecule has 5 heteroatoms. The molecular weight excluding hydrogens is 338 g/mol. The molecule has 1 heterocycles. The van der Waals surface area contributed by atoms with Gasteiger partial charge in [-0.1, -0.05) is 48.5 Å². The van der Waals surface area contributed by atoms with Gasteiger partial charge in [-0.3, -0.25) is 14.6 Å². The van der Waals surface area contributed by atoms with E-state index >= 15 is 0 Å². The monoisotopic (exact) mass is 359 g/mol. The highest BCUT2D eigenvalue weighted by Gasteiger charge is 2.23. The van der Waals surface area contributed by atoms with E-state index in [0.717, 1.165) is 11.3 Å². The second-order valence-corrected chi connectivity index (χ2v) is 6.30. The lowest BCUT2D eigenvalue weighted by Crippen LogP contribution is -2.37. The minimum atomic E-state index is -0.819. The number of anilines is 1. The zero-order valence-electron chi connectivity index (χ0n) is 15.3. The molecule has 0 spiro atoms. The van der Waals surface area contributed by atoms with Crippen molar-refractivity contribution in [2.24, 2.45) is 0 Å². The molecule has 1 aromatic heterocycles. The number of benzene rings is 2. The third kappa shape index (κ3) is 4.58. The summed E-state index contributed by atoms with van der Waals surface area (Å²) in [4.78, 5) is 29.8. The Morgan fingerprint density at radius 2 is 1.56 bits per heavy atom. The topological polar surface area (TPSA) is 71.1 Å². The van der Waals surface area contributed by atoms with Crippen LogP contribution in [0.25, 0.3) is 0 Å². The Morgan fingerprint density at radius 3 is 2.19 bits per heavy atom. The molecule has 2 aromatic carbocycles. The molecule has 0 saturated carbocycles. The number of aryl methyl sites for hydroxylation is 2. The fraction of sp³-hybridized carbons (Fsp3) is 0.136. The number of carbonyl (C=O) groups excluding carboxylic acids is 2. The molecule has 3 aromatic rings. The maximum absolute atomic E-state index is 12.9. The van der Waals surface area contributed by atoms with Gasteiger partial charge >= 0.3 is 0 Å². The fourth-order valence-electron chi connectivity index (χ4n) is 2.68. The number of nitrogens with one attached hydrogen (secondary N) is 2. The number of amides is 2. The van der Waals surface area contributed by atoms with Gasteiger partial charge in [0.2, 0.25) is 0 Å². The van der Waals surface area contributed by atoms with Crippen molar-refractivity contribution >= 4 is 17.5 Å². The van der Waals surface area contributed by atoms with Crippen LogP contribution in [-0.2, 0) is 4.79 Å². The van der Waals surface area contributed by atoms with Crippen molar-refractivity contribution in [2.75, 3.05) is 5.32 Å². The molecule has 1 atom stereocenters.